The molecule has 30 heavy (non-hydrogen) atoms. The van der Waals surface area contributed by atoms with Crippen LogP contribution in [0.25, 0.3) is 27.7 Å². The van der Waals surface area contributed by atoms with Gasteiger partial charge in [0, 0.05) is 23.5 Å². The molecule has 8 heteroatoms. The van der Waals surface area contributed by atoms with Gasteiger partial charge in [-0.15, -0.1) is 0 Å². The number of nitrogens with zero attached hydrogens (tertiary/aromatic N) is 4. The van der Waals surface area contributed by atoms with Gasteiger partial charge in [0.15, 0.2) is 5.65 Å². The molecule has 5 rings (SSSR count). The Bertz CT molecular complexity index is 1460. The maximum atomic E-state index is 13.2. The molecule has 0 bridgehead atoms. The van der Waals surface area contributed by atoms with Crippen molar-refractivity contribution >= 4 is 22.5 Å². The van der Waals surface area contributed by atoms with Crippen molar-refractivity contribution in [2.45, 2.75) is 0 Å². The van der Waals surface area contributed by atoms with E-state index in [1.165, 1.54) is 24.5 Å². The van der Waals surface area contributed by atoms with E-state index in [2.05, 4.69) is 15.5 Å². The van der Waals surface area contributed by atoms with E-state index in [1.807, 2.05) is 0 Å². The van der Waals surface area contributed by atoms with Crippen LogP contribution in [-0.4, -0.2) is 25.2 Å². The molecule has 0 aliphatic heterocycles. The zero-order valence-electron chi connectivity index (χ0n) is 15.5. The first kappa shape index (κ1) is 17.7. The molecule has 146 valence electrons. The Morgan fingerprint density at radius 1 is 0.967 bits per heavy atom. The van der Waals surface area contributed by atoms with Crippen molar-refractivity contribution in [1.29, 1.82) is 0 Å². The van der Waals surface area contributed by atoms with Gasteiger partial charge in [0.2, 0.25) is 0 Å². The van der Waals surface area contributed by atoms with Gasteiger partial charge in [0.05, 0.1) is 17.1 Å². The van der Waals surface area contributed by atoms with Crippen LogP contribution in [0.15, 0.2) is 84.0 Å². The molecule has 1 N–H and O–H groups in total. The van der Waals surface area contributed by atoms with Gasteiger partial charge in [-0.25, -0.2) is 18.6 Å². The molecule has 3 aromatic heterocycles. The summed E-state index contributed by atoms with van der Waals surface area (Å²) in [6.45, 7) is 0. The lowest BCUT2D eigenvalue weighted by Crippen LogP contribution is -2.32. The molecule has 7 nitrogen and oxygen atoms in total. The Labute approximate surface area is 169 Å². The highest BCUT2D eigenvalue weighted by atomic mass is 19.1. The smallest absolute Gasteiger partial charge is 0.267 e. The van der Waals surface area contributed by atoms with E-state index in [1.54, 1.807) is 59.2 Å². The minimum absolute atomic E-state index is 0.298. The van der Waals surface area contributed by atoms with Crippen molar-refractivity contribution in [1.82, 2.24) is 19.3 Å². The summed E-state index contributed by atoms with van der Waals surface area (Å²) in [5.41, 5.74) is 5.16. The van der Waals surface area contributed by atoms with Gasteiger partial charge < -0.3 is 0 Å². The molecule has 0 atom stereocenters. The number of carbonyl (C=O) groups is 1. The van der Waals surface area contributed by atoms with Crippen LogP contribution < -0.4 is 11.0 Å². The van der Waals surface area contributed by atoms with Gasteiger partial charge in [-0.1, -0.05) is 30.3 Å². The summed E-state index contributed by atoms with van der Waals surface area (Å²) in [5.74, 6) is -0.726. The second-order valence-corrected chi connectivity index (χ2v) is 6.66. The quantitative estimate of drug-likeness (QED) is 0.505. The monoisotopic (exact) mass is 399 g/mol. The lowest BCUT2D eigenvalue weighted by atomic mass is 10.1. The molecule has 0 saturated carbocycles. The number of amides is 1. The minimum Gasteiger partial charge on any atom is -0.267 e. The van der Waals surface area contributed by atoms with Crippen molar-refractivity contribution in [2.75, 3.05) is 5.43 Å². The molecule has 0 spiro atoms. The van der Waals surface area contributed by atoms with Crippen LogP contribution in [0.1, 0.15) is 10.4 Å². The fourth-order valence-electron chi connectivity index (χ4n) is 3.30. The van der Waals surface area contributed by atoms with Crippen molar-refractivity contribution in [3.63, 3.8) is 0 Å². The summed E-state index contributed by atoms with van der Waals surface area (Å²) in [7, 11) is 0. The Hall–Kier alpha value is -4.33. The molecule has 0 saturated heterocycles. The highest BCUT2D eigenvalue weighted by molar-refractivity contribution is 6.00. The summed E-state index contributed by atoms with van der Waals surface area (Å²) in [5, 5.41) is 4.65. The van der Waals surface area contributed by atoms with E-state index in [9.17, 15) is 14.0 Å². The van der Waals surface area contributed by atoms with Crippen LogP contribution in [0.3, 0.4) is 0 Å². The number of fused-ring (bicyclic) bond motifs is 3. The number of benzene rings is 2. The number of rotatable bonds is 3. The van der Waals surface area contributed by atoms with Crippen LogP contribution in [0.4, 0.5) is 4.39 Å². The number of pyridine rings is 1. The third-order valence-corrected chi connectivity index (χ3v) is 4.81. The molecular weight excluding hydrogens is 385 g/mol. The first-order valence-electron chi connectivity index (χ1n) is 9.12. The summed E-state index contributed by atoms with van der Waals surface area (Å²) < 4.78 is 15.9. The van der Waals surface area contributed by atoms with Crippen molar-refractivity contribution in [3.8, 4) is 11.1 Å². The Morgan fingerprint density at radius 2 is 1.73 bits per heavy atom. The summed E-state index contributed by atoms with van der Waals surface area (Å²) in [6.07, 6.45) is 4.55. The minimum atomic E-state index is -0.426. The number of nitrogens with one attached hydrogen (secondary N) is 1. The Balaban J connectivity index is 1.58. The highest BCUT2D eigenvalue weighted by Gasteiger charge is 2.14. The van der Waals surface area contributed by atoms with E-state index in [-0.39, 0.29) is 5.82 Å². The Kier molecular flexibility index (Phi) is 4.10. The van der Waals surface area contributed by atoms with Crippen molar-refractivity contribution in [3.05, 3.63) is 101 Å². The van der Waals surface area contributed by atoms with Gasteiger partial charge in [0.1, 0.15) is 5.82 Å². The third-order valence-electron chi connectivity index (χ3n) is 4.81. The fraction of sp³-hybridized carbons (Fsp3) is 0. The lowest BCUT2D eigenvalue weighted by Gasteiger charge is -2.09. The van der Waals surface area contributed by atoms with Gasteiger partial charge >= 0.3 is 0 Å². The zero-order valence-corrected chi connectivity index (χ0v) is 15.5. The topological polar surface area (TPSA) is 81.3 Å². The third kappa shape index (κ3) is 2.91. The molecule has 5 aromatic rings. The SMILES string of the molecule is O=C(Nn1ccc2c(cnc3c(-c4ccc(F)cc4)cnn32)c1=O)c1ccccc1. The average Bonchev–Trinajstić information content (AvgIpc) is 3.21. The van der Waals surface area contributed by atoms with E-state index in [0.29, 0.717) is 22.1 Å². The summed E-state index contributed by atoms with van der Waals surface area (Å²) in [4.78, 5) is 29.6. The van der Waals surface area contributed by atoms with Crippen molar-refractivity contribution in [2.24, 2.45) is 0 Å². The number of carbonyl (C=O) groups excluding carboxylic acids is 1. The van der Waals surface area contributed by atoms with E-state index in [0.717, 1.165) is 15.8 Å². The predicted octanol–water partition coefficient (Wildman–Crippen LogP) is 3.23. The number of hydrogen-bond donors (Lipinski definition) is 1. The summed E-state index contributed by atoms with van der Waals surface area (Å²) in [6, 6.07) is 16.3. The number of aromatic nitrogens is 4. The second-order valence-electron chi connectivity index (χ2n) is 6.66. The predicted molar refractivity (Wildman–Crippen MR) is 110 cm³/mol. The van der Waals surface area contributed by atoms with Crippen LogP contribution in [0, 0.1) is 5.82 Å². The maximum Gasteiger partial charge on any atom is 0.280 e. The van der Waals surface area contributed by atoms with Crippen LogP contribution in [-0.2, 0) is 0 Å². The molecule has 0 fully saturated rings. The Morgan fingerprint density at radius 3 is 2.50 bits per heavy atom. The molecule has 0 unspecified atom stereocenters. The fourth-order valence-corrected chi connectivity index (χ4v) is 3.30. The molecule has 1 amide bonds. The highest BCUT2D eigenvalue weighted by Crippen LogP contribution is 2.25. The molecule has 2 aromatic carbocycles. The van der Waals surface area contributed by atoms with E-state index >= 15 is 0 Å². The van der Waals surface area contributed by atoms with Crippen LogP contribution in [0.5, 0.6) is 0 Å². The van der Waals surface area contributed by atoms with Crippen LogP contribution >= 0.6 is 0 Å². The second kappa shape index (κ2) is 6.93. The first-order valence-corrected chi connectivity index (χ1v) is 9.12. The molecule has 0 aliphatic rings. The summed E-state index contributed by atoms with van der Waals surface area (Å²) >= 11 is 0. The van der Waals surface area contributed by atoms with E-state index < -0.39 is 11.5 Å². The molecule has 3 heterocycles. The van der Waals surface area contributed by atoms with Gasteiger partial charge in [-0.05, 0) is 35.9 Å². The zero-order chi connectivity index (χ0) is 20.7. The normalized spacial score (nSPS) is 11.1. The van der Waals surface area contributed by atoms with E-state index in [4.69, 9.17) is 0 Å². The molecule has 0 radical (unpaired) electrons. The largest absolute Gasteiger partial charge is 0.280 e. The van der Waals surface area contributed by atoms with Gasteiger partial charge in [-0.2, -0.15) is 5.10 Å². The maximum absolute atomic E-state index is 13.2. The molecular formula is C22H14FN5O2. The van der Waals surface area contributed by atoms with Crippen molar-refractivity contribution < 1.29 is 9.18 Å². The number of halogens is 1. The molecule has 0 aliphatic carbocycles. The van der Waals surface area contributed by atoms with Gasteiger partial charge in [0.25, 0.3) is 11.5 Å². The lowest BCUT2D eigenvalue weighted by molar-refractivity contribution is 0.101. The average molecular weight is 399 g/mol. The number of hydrogen-bond acceptors (Lipinski definition) is 4. The first-order chi connectivity index (χ1) is 14.6. The van der Waals surface area contributed by atoms with Crippen LogP contribution in [0.2, 0.25) is 0 Å². The van der Waals surface area contributed by atoms with Gasteiger partial charge in [-0.3, -0.25) is 15.0 Å². The standard InChI is InChI=1S/C22H14FN5O2/c23-16-8-6-14(7-9-16)17-13-25-28-19-10-11-27(22(30)18(19)12-24-20(17)28)26-21(29)15-4-2-1-3-5-15/h1-13H,(H,26,29).